The van der Waals surface area contributed by atoms with E-state index in [2.05, 4.69) is 15.0 Å². The quantitative estimate of drug-likeness (QED) is 0.365. The van der Waals surface area contributed by atoms with E-state index in [1.165, 1.54) is 18.4 Å². The van der Waals surface area contributed by atoms with Gasteiger partial charge in [-0.15, -0.1) is 22.7 Å². The first-order valence-electron chi connectivity index (χ1n) is 7.86. The number of thiophene rings is 2. The summed E-state index contributed by atoms with van der Waals surface area (Å²) in [6.07, 6.45) is 0. The second-order valence-corrected chi connectivity index (χ2v) is 8.78. The van der Waals surface area contributed by atoms with Crippen LogP contribution in [0.3, 0.4) is 0 Å². The van der Waals surface area contributed by atoms with Gasteiger partial charge in [-0.2, -0.15) is 0 Å². The number of aromatic amines is 3. The number of hydrogen-bond donors (Lipinski definition) is 4. The minimum absolute atomic E-state index is 0.0351. The number of nitrogens with one attached hydrogen (secondary N) is 3. The number of esters is 1. The van der Waals surface area contributed by atoms with Crippen molar-refractivity contribution < 1.29 is 14.6 Å². The number of carbonyl (C=O) groups is 1. The predicted octanol–water partition coefficient (Wildman–Crippen LogP) is 3.46. The molecule has 0 amide bonds. The van der Waals surface area contributed by atoms with Crippen molar-refractivity contribution >= 4 is 51.3 Å². The third-order valence-electron chi connectivity index (χ3n) is 4.19. The molecule has 11 heteroatoms. The van der Waals surface area contributed by atoms with Gasteiger partial charge in [0.25, 0.3) is 5.56 Å². The normalized spacial score (nSPS) is 11.2. The van der Waals surface area contributed by atoms with Crippen molar-refractivity contribution in [1.82, 2.24) is 15.0 Å². The first-order chi connectivity index (χ1) is 13.3. The molecule has 0 aliphatic heterocycles. The van der Waals surface area contributed by atoms with Crippen molar-refractivity contribution in [2.75, 3.05) is 7.11 Å². The SMILES string of the molecule is COC(=O)c1c(C)sc(-c2c(-c3ccc(Cl)s3)[nH]c3[nH]c(=O)[nH]c(=O)c23)c1O. The highest BCUT2D eigenvalue weighted by Crippen LogP contribution is 2.48. The molecule has 0 aliphatic rings. The summed E-state index contributed by atoms with van der Waals surface area (Å²) in [6, 6.07) is 3.45. The maximum atomic E-state index is 12.5. The molecular weight excluding hydrogens is 426 g/mol. The molecule has 4 aromatic heterocycles. The largest absolute Gasteiger partial charge is 0.505 e. The van der Waals surface area contributed by atoms with E-state index in [1.807, 2.05) is 0 Å². The summed E-state index contributed by atoms with van der Waals surface area (Å²) in [6.45, 7) is 1.67. The summed E-state index contributed by atoms with van der Waals surface area (Å²) in [4.78, 5) is 45.6. The second kappa shape index (κ2) is 6.66. The molecule has 0 radical (unpaired) electrons. The maximum absolute atomic E-state index is 12.5. The van der Waals surface area contributed by atoms with Gasteiger partial charge in [0.15, 0.2) is 0 Å². The van der Waals surface area contributed by atoms with Gasteiger partial charge in [-0.1, -0.05) is 11.6 Å². The van der Waals surface area contributed by atoms with Crippen molar-refractivity contribution in [3.63, 3.8) is 0 Å². The summed E-state index contributed by atoms with van der Waals surface area (Å²) < 4.78 is 5.27. The van der Waals surface area contributed by atoms with Crippen LogP contribution in [0.5, 0.6) is 5.75 Å². The average molecular weight is 438 g/mol. The van der Waals surface area contributed by atoms with Crippen LogP contribution in [-0.2, 0) is 4.74 Å². The second-order valence-electron chi connectivity index (χ2n) is 5.84. The standard InChI is InChI=1S/C17H12ClN3O5S2/c1-5-8(16(24)26-2)12(22)13(27-5)9-10-14(20-17(25)21-15(10)23)19-11(9)6-3-4-7(18)28-6/h3-4,22H,1-2H3,(H3,19,20,21,23,25). The fraction of sp³-hybridized carbons (Fsp3) is 0.118. The zero-order chi connectivity index (χ0) is 20.2. The number of aromatic hydroxyl groups is 1. The molecule has 0 bridgehead atoms. The Morgan fingerprint density at radius 2 is 1.93 bits per heavy atom. The fourth-order valence-corrected chi connectivity index (χ4v) is 5.18. The number of aromatic nitrogens is 3. The van der Waals surface area contributed by atoms with E-state index in [0.29, 0.717) is 30.2 Å². The molecule has 4 aromatic rings. The number of hydrogen-bond acceptors (Lipinski definition) is 7. The van der Waals surface area contributed by atoms with E-state index in [0.717, 1.165) is 11.3 Å². The first-order valence-corrected chi connectivity index (χ1v) is 9.88. The zero-order valence-electron chi connectivity index (χ0n) is 14.4. The molecule has 0 atom stereocenters. The van der Waals surface area contributed by atoms with Crippen LogP contribution in [0.25, 0.3) is 32.0 Å². The lowest BCUT2D eigenvalue weighted by Gasteiger charge is -2.02. The molecular formula is C17H12ClN3O5S2. The highest BCUT2D eigenvalue weighted by atomic mass is 35.5. The van der Waals surface area contributed by atoms with Gasteiger partial charge in [0, 0.05) is 10.4 Å². The van der Waals surface area contributed by atoms with Crippen molar-refractivity contribution in [3.8, 4) is 26.8 Å². The molecule has 0 unspecified atom stereocenters. The van der Waals surface area contributed by atoms with Crippen LogP contribution >= 0.6 is 34.3 Å². The van der Waals surface area contributed by atoms with Crippen LogP contribution in [0.15, 0.2) is 21.7 Å². The molecule has 0 saturated heterocycles. The molecule has 0 saturated carbocycles. The number of methoxy groups -OCH3 is 1. The van der Waals surface area contributed by atoms with Crippen molar-refractivity contribution in [3.05, 3.63) is 47.7 Å². The number of aryl methyl sites for hydroxylation is 1. The van der Waals surface area contributed by atoms with Crippen LogP contribution in [0.1, 0.15) is 15.2 Å². The number of carbonyl (C=O) groups excluding carboxylic acids is 1. The molecule has 0 aromatic carbocycles. The van der Waals surface area contributed by atoms with Crippen LogP contribution in [0.4, 0.5) is 0 Å². The summed E-state index contributed by atoms with van der Waals surface area (Å²) in [5.74, 6) is -0.967. The smallest absolute Gasteiger partial charge is 0.342 e. The lowest BCUT2D eigenvalue weighted by molar-refractivity contribution is 0.0597. The third-order valence-corrected chi connectivity index (χ3v) is 6.55. The number of halogens is 1. The molecule has 0 fully saturated rings. The first kappa shape index (κ1) is 18.5. The average Bonchev–Trinajstić information content (AvgIpc) is 3.29. The Hall–Kier alpha value is -2.82. The maximum Gasteiger partial charge on any atom is 0.342 e. The van der Waals surface area contributed by atoms with Crippen LogP contribution in [0.2, 0.25) is 4.34 Å². The van der Waals surface area contributed by atoms with Gasteiger partial charge in [-0.05, 0) is 19.1 Å². The summed E-state index contributed by atoms with van der Waals surface area (Å²) in [5, 5.41) is 10.9. The van der Waals surface area contributed by atoms with Crippen LogP contribution < -0.4 is 11.2 Å². The molecule has 0 aliphatic carbocycles. The highest BCUT2D eigenvalue weighted by molar-refractivity contribution is 7.19. The molecule has 144 valence electrons. The Balaban J connectivity index is 2.13. The topological polar surface area (TPSA) is 128 Å². The third kappa shape index (κ3) is 2.77. The van der Waals surface area contributed by atoms with Crippen molar-refractivity contribution in [1.29, 1.82) is 0 Å². The summed E-state index contributed by atoms with van der Waals surface area (Å²) in [5.41, 5.74) is -0.188. The molecule has 4 N–H and O–H groups in total. The monoisotopic (exact) mass is 437 g/mol. The number of ether oxygens (including phenoxy) is 1. The van der Waals surface area contributed by atoms with E-state index < -0.39 is 17.2 Å². The van der Waals surface area contributed by atoms with Crippen molar-refractivity contribution in [2.24, 2.45) is 0 Å². The van der Waals surface area contributed by atoms with Gasteiger partial charge in [0.1, 0.15) is 17.0 Å². The zero-order valence-corrected chi connectivity index (χ0v) is 16.8. The number of fused-ring (bicyclic) bond motifs is 1. The molecule has 4 rings (SSSR count). The fourth-order valence-electron chi connectivity index (χ4n) is 3.04. The van der Waals surface area contributed by atoms with Crippen LogP contribution in [-0.4, -0.2) is 33.1 Å². The van der Waals surface area contributed by atoms with E-state index in [9.17, 15) is 19.5 Å². The van der Waals surface area contributed by atoms with E-state index in [4.69, 9.17) is 16.3 Å². The van der Waals surface area contributed by atoms with E-state index in [1.54, 1.807) is 19.1 Å². The Labute approximate surface area is 169 Å². The lowest BCUT2D eigenvalue weighted by Crippen LogP contribution is -2.21. The summed E-state index contributed by atoms with van der Waals surface area (Å²) in [7, 11) is 1.22. The highest BCUT2D eigenvalue weighted by Gasteiger charge is 2.28. The Morgan fingerprint density at radius 1 is 1.18 bits per heavy atom. The van der Waals surface area contributed by atoms with E-state index >= 15 is 0 Å². The van der Waals surface area contributed by atoms with Crippen LogP contribution in [0, 0.1) is 6.92 Å². The van der Waals surface area contributed by atoms with Gasteiger partial charge < -0.3 is 14.8 Å². The predicted molar refractivity (Wildman–Crippen MR) is 109 cm³/mol. The van der Waals surface area contributed by atoms with Crippen molar-refractivity contribution in [2.45, 2.75) is 6.92 Å². The molecule has 8 nitrogen and oxygen atoms in total. The van der Waals surface area contributed by atoms with Gasteiger partial charge in [-0.3, -0.25) is 14.8 Å². The Kier molecular flexibility index (Phi) is 4.41. The van der Waals surface area contributed by atoms with Gasteiger partial charge in [0.2, 0.25) is 0 Å². The molecule has 0 spiro atoms. The van der Waals surface area contributed by atoms with E-state index in [-0.39, 0.29) is 22.3 Å². The number of H-pyrrole nitrogens is 3. The molecule has 4 heterocycles. The molecule has 28 heavy (non-hydrogen) atoms. The summed E-state index contributed by atoms with van der Waals surface area (Å²) >= 11 is 8.46. The lowest BCUT2D eigenvalue weighted by atomic mass is 10.1. The minimum Gasteiger partial charge on any atom is -0.505 e. The van der Waals surface area contributed by atoms with Gasteiger partial charge in [0.05, 0.1) is 32.3 Å². The van der Waals surface area contributed by atoms with Gasteiger partial charge >= 0.3 is 11.7 Å². The Morgan fingerprint density at radius 3 is 2.57 bits per heavy atom. The van der Waals surface area contributed by atoms with Gasteiger partial charge in [-0.25, -0.2) is 9.59 Å². The minimum atomic E-state index is -0.680. The Bertz CT molecular complexity index is 1360. The number of rotatable bonds is 3.